The van der Waals surface area contributed by atoms with E-state index in [0.717, 1.165) is 30.8 Å². The summed E-state index contributed by atoms with van der Waals surface area (Å²) in [4.78, 5) is 8.41. The Labute approximate surface area is 143 Å². The van der Waals surface area contributed by atoms with Gasteiger partial charge in [0, 0.05) is 32.9 Å². The summed E-state index contributed by atoms with van der Waals surface area (Å²) in [5, 5.41) is 10.7. The molecule has 1 aliphatic rings. The molecule has 1 aromatic rings. The Kier molecular flexibility index (Phi) is 6.89. The molecule has 0 unspecified atom stereocenters. The maximum absolute atomic E-state index is 5.35. The van der Waals surface area contributed by atoms with Crippen molar-refractivity contribution in [1.82, 2.24) is 15.1 Å². The van der Waals surface area contributed by atoms with Gasteiger partial charge in [0.25, 0.3) is 0 Å². The van der Waals surface area contributed by atoms with Crippen LogP contribution < -0.4 is 10.6 Å². The molecular weight excluding hydrogens is 304 g/mol. The average Bonchev–Trinajstić information content (AvgIpc) is 2.98. The lowest BCUT2D eigenvalue weighted by atomic mass is 10.1. The summed E-state index contributed by atoms with van der Waals surface area (Å²) in [6.45, 7) is 11.8. The van der Waals surface area contributed by atoms with Gasteiger partial charge < -0.3 is 15.4 Å². The SMILES string of the molecule is C=C/C=C(\CCN=C(N=C)Nc1cnn(C2CNC2)c1)[C@@H](C)OC. The summed E-state index contributed by atoms with van der Waals surface area (Å²) in [6.07, 6.45) is 8.28. The van der Waals surface area contributed by atoms with E-state index in [0.29, 0.717) is 18.5 Å². The molecule has 2 heterocycles. The molecule has 130 valence electrons. The van der Waals surface area contributed by atoms with Crippen molar-refractivity contribution in [3.05, 3.63) is 36.7 Å². The quantitative estimate of drug-likeness (QED) is 0.434. The van der Waals surface area contributed by atoms with Gasteiger partial charge in [0.05, 0.1) is 24.0 Å². The van der Waals surface area contributed by atoms with Crippen molar-refractivity contribution in [2.24, 2.45) is 9.98 Å². The molecule has 0 radical (unpaired) electrons. The molecule has 0 bridgehead atoms. The minimum Gasteiger partial charge on any atom is -0.377 e. The highest BCUT2D eigenvalue weighted by atomic mass is 16.5. The normalized spacial score (nSPS) is 17.2. The molecule has 0 aliphatic carbocycles. The first-order valence-electron chi connectivity index (χ1n) is 8.05. The van der Waals surface area contributed by atoms with Crippen LogP contribution in [-0.4, -0.2) is 55.3 Å². The highest BCUT2D eigenvalue weighted by Gasteiger charge is 2.19. The fraction of sp³-hybridized carbons (Fsp3) is 0.471. The lowest BCUT2D eigenvalue weighted by Gasteiger charge is -2.27. The lowest BCUT2D eigenvalue weighted by molar-refractivity contribution is 0.144. The number of aromatic nitrogens is 2. The van der Waals surface area contributed by atoms with Crippen molar-refractivity contribution < 1.29 is 4.74 Å². The number of rotatable bonds is 8. The molecule has 0 spiro atoms. The zero-order valence-corrected chi connectivity index (χ0v) is 14.4. The Morgan fingerprint density at radius 2 is 2.42 bits per heavy atom. The van der Waals surface area contributed by atoms with Crippen LogP contribution in [0.25, 0.3) is 0 Å². The van der Waals surface area contributed by atoms with Crippen molar-refractivity contribution in [3.8, 4) is 0 Å². The number of ether oxygens (including phenoxy) is 1. The standard InChI is InChI=1S/C17H26N6O/c1-5-6-14(13(2)24-4)7-8-20-17(18-3)22-15-9-21-23(12-15)16-10-19-11-16/h5-6,9,12-13,16,19H,1,3,7-8,10-11H2,2,4H3,(H,20,22)/b14-6+/t13-/m1/s1. The Bertz CT molecular complexity index is 614. The van der Waals surface area contributed by atoms with Gasteiger partial charge in [-0.25, -0.2) is 4.99 Å². The molecule has 2 rings (SSSR count). The van der Waals surface area contributed by atoms with Gasteiger partial charge >= 0.3 is 0 Å². The van der Waals surface area contributed by atoms with Crippen molar-refractivity contribution in [3.63, 3.8) is 0 Å². The Balaban J connectivity index is 1.91. The summed E-state index contributed by atoms with van der Waals surface area (Å²) in [5.74, 6) is 0.490. The predicted molar refractivity (Wildman–Crippen MR) is 99.0 cm³/mol. The van der Waals surface area contributed by atoms with Crippen molar-refractivity contribution in [2.75, 3.05) is 32.1 Å². The summed E-state index contributed by atoms with van der Waals surface area (Å²) in [6, 6.07) is 0.430. The number of nitrogens with zero attached hydrogens (tertiary/aromatic N) is 4. The molecule has 0 aromatic carbocycles. The van der Waals surface area contributed by atoms with Crippen molar-refractivity contribution in [2.45, 2.75) is 25.5 Å². The molecule has 24 heavy (non-hydrogen) atoms. The van der Waals surface area contributed by atoms with E-state index in [-0.39, 0.29) is 6.10 Å². The largest absolute Gasteiger partial charge is 0.377 e. The molecule has 1 atom stereocenters. The van der Waals surface area contributed by atoms with Crippen molar-refractivity contribution >= 4 is 18.4 Å². The number of nitrogens with one attached hydrogen (secondary N) is 2. The van der Waals surface area contributed by atoms with Gasteiger partial charge in [0.2, 0.25) is 5.96 Å². The predicted octanol–water partition coefficient (Wildman–Crippen LogP) is 2.03. The number of hydrogen-bond acceptors (Lipinski definition) is 4. The van der Waals surface area contributed by atoms with Gasteiger partial charge in [0.15, 0.2) is 0 Å². The van der Waals surface area contributed by atoms with Gasteiger partial charge in [-0.1, -0.05) is 18.7 Å². The second-order valence-corrected chi connectivity index (χ2v) is 5.61. The van der Waals surface area contributed by atoms with E-state index in [2.05, 4.69) is 39.0 Å². The number of aliphatic imine (C=N–C) groups is 2. The monoisotopic (exact) mass is 330 g/mol. The first-order valence-corrected chi connectivity index (χ1v) is 8.05. The summed E-state index contributed by atoms with van der Waals surface area (Å²) in [5.41, 5.74) is 2.00. The molecule has 1 aliphatic heterocycles. The number of allylic oxidation sites excluding steroid dienone is 2. The van der Waals surface area contributed by atoms with Gasteiger partial charge in [-0.05, 0) is 25.6 Å². The molecule has 1 aromatic heterocycles. The van der Waals surface area contributed by atoms with E-state index >= 15 is 0 Å². The van der Waals surface area contributed by atoms with E-state index < -0.39 is 0 Å². The minimum atomic E-state index is 0.0422. The van der Waals surface area contributed by atoms with Gasteiger partial charge in [-0.15, -0.1) is 0 Å². The maximum atomic E-state index is 5.35. The first-order chi connectivity index (χ1) is 11.7. The van der Waals surface area contributed by atoms with E-state index in [1.165, 1.54) is 0 Å². The number of anilines is 1. The lowest BCUT2D eigenvalue weighted by Crippen LogP contribution is -2.43. The second kappa shape index (κ2) is 9.14. The molecule has 2 N–H and O–H groups in total. The van der Waals surface area contributed by atoms with Crippen LogP contribution in [0.5, 0.6) is 0 Å². The average molecular weight is 330 g/mol. The summed E-state index contributed by atoms with van der Waals surface area (Å²) >= 11 is 0. The summed E-state index contributed by atoms with van der Waals surface area (Å²) < 4.78 is 7.30. The van der Waals surface area contributed by atoms with Gasteiger partial charge in [0.1, 0.15) is 0 Å². The minimum absolute atomic E-state index is 0.0422. The highest BCUT2D eigenvalue weighted by molar-refractivity contribution is 5.96. The van der Waals surface area contributed by atoms with E-state index in [1.54, 1.807) is 19.4 Å². The smallest absolute Gasteiger partial charge is 0.221 e. The van der Waals surface area contributed by atoms with Crippen LogP contribution in [0.4, 0.5) is 5.69 Å². The zero-order valence-electron chi connectivity index (χ0n) is 14.4. The van der Waals surface area contributed by atoms with E-state index in [4.69, 9.17) is 4.74 Å². The van der Waals surface area contributed by atoms with Crippen LogP contribution in [0.3, 0.4) is 0 Å². The van der Waals surface area contributed by atoms with Crippen LogP contribution in [0.15, 0.2) is 46.7 Å². The van der Waals surface area contributed by atoms with Crippen LogP contribution in [0, 0.1) is 0 Å². The van der Waals surface area contributed by atoms with Crippen molar-refractivity contribution in [1.29, 1.82) is 0 Å². The van der Waals surface area contributed by atoms with E-state index in [9.17, 15) is 0 Å². The summed E-state index contributed by atoms with van der Waals surface area (Å²) in [7, 11) is 1.69. The molecule has 0 saturated carbocycles. The zero-order chi connectivity index (χ0) is 17.4. The third-order valence-electron chi connectivity index (χ3n) is 4.01. The Hall–Kier alpha value is -2.25. The molecule has 1 saturated heterocycles. The molecule has 0 amide bonds. The number of hydrogen-bond donors (Lipinski definition) is 2. The fourth-order valence-electron chi connectivity index (χ4n) is 2.34. The molecule has 7 heteroatoms. The Morgan fingerprint density at radius 3 is 3.00 bits per heavy atom. The third-order valence-corrected chi connectivity index (χ3v) is 4.01. The van der Waals surface area contributed by atoms with Crippen LogP contribution in [0.2, 0.25) is 0 Å². The van der Waals surface area contributed by atoms with Gasteiger partial charge in [-0.3, -0.25) is 9.67 Å². The molecular formula is C17H26N6O. The first kappa shape index (κ1) is 18.1. The molecule has 1 fully saturated rings. The van der Waals surface area contributed by atoms with Gasteiger partial charge in [-0.2, -0.15) is 5.10 Å². The number of methoxy groups -OCH3 is 1. The third kappa shape index (κ3) is 4.87. The van der Waals surface area contributed by atoms with Crippen LogP contribution >= 0.6 is 0 Å². The maximum Gasteiger partial charge on any atom is 0.221 e. The topological polar surface area (TPSA) is 75.8 Å². The van der Waals surface area contributed by atoms with E-state index in [1.807, 2.05) is 23.9 Å². The highest BCUT2D eigenvalue weighted by Crippen LogP contribution is 2.15. The number of guanidine groups is 1. The fourth-order valence-corrected chi connectivity index (χ4v) is 2.34. The second-order valence-electron chi connectivity index (χ2n) is 5.61. The molecule has 7 nitrogen and oxygen atoms in total. The van der Waals surface area contributed by atoms with Crippen LogP contribution in [0.1, 0.15) is 19.4 Å². The Morgan fingerprint density at radius 1 is 1.62 bits per heavy atom. The van der Waals surface area contributed by atoms with Crippen LogP contribution in [-0.2, 0) is 4.74 Å².